The summed E-state index contributed by atoms with van der Waals surface area (Å²) < 4.78 is 17.0. The number of carbonyl (C=O) groups excluding carboxylic acids is 1. The summed E-state index contributed by atoms with van der Waals surface area (Å²) in [5.41, 5.74) is 0.988. The predicted molar refractivity (Wildman–Crippen MR) is 138 cm³/mol. The first kappa shape index (κ1) is 28.3. The maximum Gasteiger partial charge on any atom is 0.241 e. The van der Waals surface area contributed by atoms with Gasteiger partial charge in [-0.3, -0.25) is 4.79 Å². The summed E-state index contributed by atoms with van der Waals surface area (Å²) in [5.74, 6) is 2.16. The lowest BCUT2D eigenvalue weighted by atomic mass is 10.2. The molecule has 1 aliphatic carbocycles. The van der Waals surface area contributed by atoms with E-state index in [0.29, 0.717) is 32.3 Å². The third-order valence-corrected chi connectivity index (χ3v) is 5.15. The van der Waals surface area contributed by atoms with Gasteiger partial charge in [-0.15, -0.1) is 24.0 Å². The number of likely N-dealkylation sites (N-methyl/N-ethyl adjacent to an activating group) is 1. The van der Waals surface area contributed by atoms with Crippen molar-refractivity contribution in [3.63, 3.8) is 0 Å². The van der Waals surface area contributed by atoms with Crippen molar-refractivity contribution >= 4 is 35.8 Å². The number of ether oxygens (including phenoxy) is 3. The fourth-order valence-corrected chi connectivity index (χ4v) is 3.27. The zero-order valence-corrected chi connectivity index (χ0v) is 22.1. The second-order valence-electron chi connectivity index (χ2n) is 7.78. The van der Waals surface area contributed by atoms with Crippen LogP contribution < -0.4 is 20.1 Å². The second kappa shape index (κ2) is 16.0. The zero-order valence-electron chi connectivity index (χ0n) is 19.8. The van der Waals surface area contributed by atoms with Gasteiger partial charge in [0.15, 0.2) is 5.96 Å². The zero-order chi connectivity index (χ0) is 22.5. The summed E-state index contributed by atoms with van der Waals surface area (Å²) in [5, 5.41) is 6.40. The first-order valence-electron chi connectivity index (χ1n) is 11.2. The smallest absolute Gasteiger partial charge is 0.241 e. The molecule has 32 heavy (non-hydrogen) atoms. The minimum Gasteiger partial charge on any atom is -0.497 e. The monoisotopic (exact) mass is 562 g/mol. The maximum absolute atomic E-state index is 12.0. The molecule has 1 fully saturated rings. The lowest BCUT2D eigenvalue weighted by molar-refractivity contribution is -0.127. The molecule has 0 heterocycles. The summed E-state index contributed by atoms with van der Waals surface area (Å²) >= 11 is 0. The summed E-state index contributed by atoms with van der Waals surface area (Å²) in [4.78, 5) is 18.2. The van der Waals surface area contributed by atoms with E-state index >= 15 is 0 Å². The molecule has 1 aliphatic rings. The largest absolute Gasteiger partial charge is 0.497 e. The normalized spacial score (nSPS) is 13.9. The number of hydrogen-bond acceptors (Lipinski definition) is 5. The molecule has 1 saturated carbocycles. The minimum atomic E-state index is -0.0153. The van der Waals surface area contributed by atoms with Gasteiger partial charge >= 0.3 is 0 Å². The first-order valence-corrected chi connectivity index (χ1v) is 11.2. The molecule has 0 unspecified atom stereocenters. The molecule has 0 saturated heterocycles. The Kier molecular flexibility index (Phi) is 14.1. The molecule has 1 amide bonds. The van der Waals surface area contributed by atoms with E-state index in [0.717, 1.165) is 36.3 Å². The lowest BCUT2D eigenvalue weighted by Crippen LogP contribution is -2.43. The number of amides is 1. The molecule has 182 valence electrons. The van der Waals surface area contributed by atoms with Gasteiger partial charge in [-0.1, -0.05) is 0 Å². The molecule has 0 bridgehead atoms. The van der Waals surface area contributed by atoms with E-state index in [-0.39, 0.29) is 42.5 Å². The van der Waals surface area contributed by atoms with Crippen molar-refractivity contribution in [1.82, 2.24) is 15.5 Å². The maximum atomic E-state index is 12.0. The van der Waals surface area contributed by atoms with E-state index in [9.17, 15) is 4.79 Å². The van der Waals surface area contributed by atoms with Crippen LogP contribution in [0.25, 0.3) is 0 Å². The summed E-state index contributed by atoms with van der Waals surface area (Å²) in [6, 6.07) is 5.84. The van der Waals surface area contributed by atoms with Crippen LogP contribution in [0.2, 0.25) is 0 Å². The van der Waals surface area contributed by atoms with Crippen molar-refractivity contribution in [3.8, 4) is 11.5 Å². The molecule has 8 nitrogen and oxygen atoms in total. The number of nitrogens with one attached hydrogen (secondary N) is 2. The molecule has 1 aromatic carbocycles. The van der Waals surface area contributed by atoms with Crippen LogP contribution in [0.4, 0.5) is 0 Å². The van der Waals surface area contributed by atoms with Gasteiger partial charge < -0.3 is 29.7 Å². The van der Waals surface area contributed by atoms with Crippen molar-refractivity contribution < 1.29 is 19.0 Å². The summed E-state index contributed by atoms with van der Waals surface area (Å²) in [6.45, 7) is 4.69. The van der Waals surface area contributed by atoms with E-state index < -0.39 is 0 Å². The minimum absolute atomic E-state index is 0. The van der Waals surface area contributed by atoms with Gasteiger partial charge in [0.25, 0.3) is 0 Å². The lowest BCUT2D eigenvalue weighted by Gasteiger charge is -2.18. The molecule has 0 aliphatic heterocycles. The van der Waals surface area contributed by atoms with Gasteiger partial charge in [-0.05, 0) is 51.2 Å². The Morgan fingerprint density at radius 1 is 1.22 bits per heavy atom. The first-order chi connectivity index (χ1) is 15.0. The van der Waals surface area contributed by atoms with Crippen molar-refractivity contribution in [2.45, 2.75) is 51.7 Å². The van der Waals surface area contributed by atoms with Crippen molar-refractivity contribution in [1.29, 1.82) is 0 Å². The Morgan fingerprint density at radius 3 is 2.62 bits per heavy atom. The van der Waals surface area contributed by atoms with Crippen LogP contribution in [-0.2, 0) is 16.1 Å². The van der Waals surface area contributed by atoms with Gasteiger partial charge in [-0.2, -0.15) is 0 Å². The topological polar surface area (TPSA) is 84.4 Å². The van der Waals surface area contributed by atoms with Crippen LogP contribution in [0.3, 0.4) is 0 Å². The van der Waals surface area contributed by atoms with Gasteiger partial charge in [0.2, 0.25) is 5.91 Å². The van der Waals surface area contributed by atoms with Crippen LogP contribution in [0.15, 0.2) is 23.2 Å². The number of rotatable bonds is 12. The van der Waals surface area contributed by atoms with Crippen LogP contribution in [-0.4, -0.2) is 70.4 Å². The number of carbonyl (C=O) groups is 1. The molecule has 0 aromatic heterocycles. The summed E-state index contributed by atoms with van der Waals surface area (Å²) in [7, 11) is 5.13. The number of halogens is 1. The van der Waals surface area contributed by atoms with Crippen LogP contribution in [0.5, 0.6) is 11.5 Å². The van der Waals surface area contributed by atoms with Crippen LogP contribution >= 0.6 is 24.0 Å². The molecule has 2 rings (SSSR count). The van der Waals surface area contributed by atoms with Gasteiger partial charge in [0.1, 0.15) is 11.5 Å². The molecule has 9 heteroatoms. The van der Waals surface area contributed by atoms with Gasteiger partial charge in [-0.25, -0.2) is 4.99 Å². The molecule has 2 N–H and O–H groups in total. The fraction of sp³-hybridized carbons (Fsp3) is 0.652. The molecule has 0 atom stereocenters. The highest BCUT2D eigenvalue weighted by Crippen LogP contribution is 2.30. The van der Waals surface area contributed by atoms with E-state index in [2.05, 4.69) is 10.6 Å². The Bertz CT molecular complexity index is 709. The highest BCUT2D eigenvalue weighted by Gasteiger charge is 2.18. The van der Waals surface area contributed by atoms with Crippen LogP contribution in [0.1, 0.15) is 44.6 Å². The highest BCUT2D eigenvalue weighted by atomic mass is 127. The van der Waals surface area contributed by atoms with E-state index in [1.54, 1.807) is 26.1 Å². The van der Waals surface area contributed by atoms with Crippen molar-refractivity contribution in [2.24, 2.45) is 4.99 Å². The molecule has 0 spiro atoms. The predicted octanol–water partition coefficient (Wildman–Crippen LogP) is 3.18. The van der Waals surface area contributed by atoms with Crippen molar-refractivity contribution in [3.05, 3.63) is 23.8 Å². The molecular formula is C23H39IN4O4. The number of hydrogen-bond donors (Lipinski definition) is 2. The Hall–Kier alpha value is -1.75. The molecular weight excluding hydrogens is 523 g/mol. The summed E-state index contributed by atoms with van der Waals surface area (Å²) in [6.07, 6.45) is 5.70. The number of guanidine groups is 1. The van der Waals surface area contributed by atoms with Gasteiger partial charge in [0, 0.05) is 45.5 Å². The quantitative estimate of drug-likeness (QED) is 0.176. The van der Waals surface area contributed by atoms with Crippen LogP contribution in [0, 0.1) is 0 Å². The van der Waals surface area contributed by atoms with E-state index in [1.165, 1.54) is 12.8 Å². The molecule has 0 radical (unpaired) electrons. The third kappa shape index (κ3) is 10.2. The Balaban J connectivity index is 0.00000512. The number of nitrogens with zero attached hydrogens (tertiary/aromatic N) is 2. The molecule has 1 aromatic rings. The third-order valence-electron chi connectivity index (χ3n) is 5.15. The van der Waals surface area contributed by atoms with E-state index in [4.69, 9.17) is 19.2 Å². The average molecular weight is 562 g/mol. The fourth-order valence-electron chi connectivity index (χ4n) is 3.27. The number of aliphatic imine (C=N–C) groups is 1. The SMILES string of the molecule is CCOCCCNC(=NCc1ccc(OC)cc1OC1CCCC1)NCC(=O)N(C)C.I. The second-order valence-corrected chi connectivity index (χ2v) is 7.78. The Morgan fingerprint density at radius 2 is 1.97 bits per heavy atom. The van der Waals surface area contributed by atoms with Gasteiger partial charge in [0.05, 0.1) is 26.3 Å². The average Bonchev–Trinajstić information content (AvgIpc) is 3.28. The standard InChI is InChI=1S/C23H38N4O4.HI/c1-5-30-14-8-13-24-23(26-17-22(28)27(2)3)25-16-18-11-12-20(29-4)15-21(18)31-19-9-6-7-10-19;/h11-12,15,19H,5-10,13-14,16-17H2,1-4H3,(H2,24,25,26);1H. The van der Waals surface area contributed by atoms with Crippen molar-refractivity contribution in [2.75, 3.05) is 47.5 Å². The van der Waals surface area contributed by atoms with E-state index in [1.807, 2.05) is 25.1 Å². The Labute approximate surface area is 209 Å². The number of methoxy groups -OCH3 is 1. The highest BCUT2D eigenvalue weighted by molar-refractivity contribution is 14.0. The number of benzene rings is 1.